The first-order chi connectivity index (χ1) is 12.6. The standard InChI is InChI=1S/C18H25N3O6/c1-18(2,3)27-17(26)21-13(9-12-7-5-4-6-8-12)16(25)20-10-14(22)19-11-15(23)24/h4-8,13H,9-11H2,1-3H3,(H,19,22)(H,20,25)(H,21,26)(H,23,24)/t13-/m0/s1. The number of amides is 3. The van der Waals surface area contributed by atoms with Crippen molar-refractivity contribution in [2.75, 3.05) is 13.1 Å². The molecule has 0 unspecified atom stereocenters. The van der Waals surface area contributed by atoms with Gasteiger partial charge in [-0.05, 0) is 26.3 Å². The molecule has 0 aliphatic heterocycles. The number of hydrogen-bond donors (Lipinski definition) is 4. The zero-order chi connectivity index (χ0) is 20.4. The van der Waals surface area contributed by atoms with Gasteiger partial charge in [-0.3, -0.25) is 14.4 Å². The van der Waals surface area contributed by atoms with E-state index in [1.165, 1.54) is 0 Å². The van der Waals surface area contributed by atoms with Gasteiger partial charge < -0.3 is 25.8 Å². The number of nitrogens with one attached hydrogen (secondary N) is 3. The van der Waals surface area contributed by atoms with Crippen molar-refractivity contribution in [1.82, 2.24) is 16.0 Å². The van der Waals surface area contributed by atoms with Gasteiger partial charge in [0.25, 0.3) is 0 Å². The summed E-state index contributed by atoms with van der Waals surface area (Å²) in [6.45, 7) is 4.15. The van der Waals surface area contributed by atoms with Crippen molar-refractivity contribution in [1.29, 1.82) is 0 Å². The molecule has 0 radical (unpaired) electrons. The van der Waals surface area contributed by atoms with Crippen LogP contribution in [0.1, 0.15) is 26.3 Å². The van der Waals surface area contributed by atoms with E-state index in [1.54, 1.807) is 45.0 Å². The van der Waals surface area contributed by atoms with Crippen molar-refractivity contribution in [3.05, 3.63) is 35.9 Å². The molecule has 0 aromatic heterocycles. The fourth-order valence-electron chi connectivity index (χ4n) is 2.04. The Balaban J connectivity index is 2.71. The molecule has 1 aromatic carbocycles. The fraction of sp³-hybridized carbons (Fsp3) is 0.444. The minimum absolute atomic E-state index is 0.197. The predicted octanol–water partition coefficient (Wildman–Crippen LogP) is 0.439. The monoisotopic (exact) mass is 379 g/mol. The van der Waals surface area contributed by atoms with Crippen molar-refractivity contribution < 1.29 is 29.0 Å². The lowest BCUT2D eigenvalue weighted by molar-refractivity contribution is -0.137. The Hall–Kier alpha value is -3.10. The topological polar surface area (TPSA) is 134 Å². The summed E-state index contributed by atoms with van der Waals surface area (Å²) in [5, 5.41) is 15.5. The van der Waals surface area contributed by atoms with Crippen LogP contribution in [-0.2, 0) is 25.5 Å². The van der Waals surface area contributed by atoms with Gasteiger partial charge in [0, 0.05) is 6.42 Å². The van der Waals surface area contributed by atoms with Gasteiger partial charge in [0.2, 0.25) is 11.8 Å². The first-order valence-electron chi connectivity index (χ1n) is 8.36. The first-order valence-corrected chi connectivity index (χ1v) is 8.36. The van der Waals surface area contributed by atoms with E-state index in [0.717, 1.165) is 5.56 Å². The van der Waals surface area contributed by atoms with E-state index >= 15 is 0 Å². The van der Waals surface area contributed by atoms with Crippen LogP contribution in [-0.4, -0.2) is 53.7 Å². The molecular formula is C18H25N3O6. The van der Waals surface area contributed by atoms with Crippen molar-refractivity contribution in [2.24, 2.45) is 0 Å². The van der Waals surface area contributed by atoms with E-state index in [0.29, 0.717) is 0 Å². The molecule has 0 fully saturated rings. The molecule has 9 heteroatoms. The Labute approximate surface area is 157 Å². The minimum Gasteiger partial charge on any atom is -0.480 e. The highest BCUT2D eigenvalue weighted by atomic mass is 16.6. The van der Waals surface area contributed by atoms with Crippen LogP contribution in [0.2, 0.25) is 0 Å². The number of alkyl carbamates (subject to hydrolysis) is 1. The van der Waals surface area contributed by atoms with Crippen LogP contribution in [0.25, 0.3) is 0 Å². The number of carbonyl (C=O) groups excluding carboxylic acids is 3. The van der Waals surface area contributed by atoms with Crippen LogP contribution in [0, 0.1) is 0 Å². The molecule has 0 spiro atoms. The van der Waals surface area contributed by atoms with E-state index in [9.17, 15) is 19.2 Å². The second kappa shape index (κ2) is 10.1. The Morgan fingerprint density at radius 1 is 1.04 bits per heavy atom. The van der Waals surface area contributed by atoms with Crippen LogP contribution in [0.4, 0.5) is 4.79 Å². The van der Waals surface area contributed by atoms with Gasteiger partial charge >= 0.3 is 12.1 Å². The zero-order valence-corrected chi connectivity index (χ0v) is 15.6. The van der Waals surface area contributed by atoms with Gasteiger partial charge in [-0.1, -0.05) is 30.3 Å². The number of ether oxygens (including phenoxy) is 1. The summed E-state index contributed by atoms with van der Waals surface area (Å²) >= 11 is 0. The normalized spacial score (nSPS) is 11.8. The summed E-state index contributed by atoms with van der Waals surface area (Å²) < 4.78 is 5.17. The third-order valence-corrected chi connectivity index (χ3v) is 3.15. The van der Waals surface area contributed by atoms with Gasteiger partial charge in [-0.15, -0.1) is 0 Å². The Morgan fingerprint density at radius 2 is 1.67 bits per heavy atom. The summed E-state index contributed by atoms with van der Waals surface area (Å²) in [4.78, 5) is 46.4. The Morgan fingerprint density at radius 3 is 2.22 bits per heavy atom. The smallest absolute Gasteiger partial charge is 0.408 e. The second-order valence-corrected chi connectivity index (χ2v) is 6.78. The lowest BCUT2D eigenvalue weighted by Crippen LogP contribution is -2.51. The van der Waals surface area contributed by atoms with E-state index in [2.05, 4.69) is 16.0 Å². The molecule has 148 valence electrons. The SMILES string of the molecule is CC(C)(C)OC(=O)N[C@@H](Cc1ccccc1)C(=O)NCC(=O)NCC(=O)O. The van der Waals surface area contributed by atoms with Gasteiger partial charge in [-0.25, -0.2) is 4.79 Å². The summed E-state index contributed by atoms with van der Waals surface area (Å²) in [5.41, 5.74) is 0.0817. The molecule has 1 rings (SSSR count). The van der Waals surface area contributed by atoms with Crippen LogP contribution >= 0.6 is 0 Å². The highest BCUT2D eigenvalue weighted by Crippen LogP contribution is 2.08. The van der Waals surface area contributed by atoms with Crippen LogP contribution in [0.15, 0.2) is 30.3 Å². The molecule has 0 saturated heterocycles. The van der Waals surface area contributed by atoms with Gasteiger partial charge in [-0.2, -0.15) is 0 Å². The maximum absolute atomic E-state index is 12.4. The predicted molar refractivity (Wildman–Crippen MR) is 97.0 cm³/mol. The number of rotatable bonds is 8. The lowest BCUT2D eigenvalue weighted by Gasteiger charge is -2.23. The molecule has 0 heterocycles. The molecule has 0 aliphatic carbocycles. The van der Waals surface area contributed by atoms with Gasteiger partial charge in [0.15, 0.2) is 0 Å². The molecule has 27 heavy (non-hydrogen) atoms. The molecular weight excluding hydrogens is 354 g/mol. The van der Waals surface area contributed by atoms with Crippen LogP contribution in [0.5, 0.6) is 0 Å². The number of carboxylic acid groups (broad SMARTS) is 1. The molecule has 4 N–H and O–H groups in total. The molecule has 1 aromatic rings. The maximum Gasteiger partial charge on any atom is 0.408 e. The van der Waals surface area contributed by atoms with Crippen LogP contribution in [0.3, 0.4) is 0 Å². The molecule has 0 bridgehead atoms. The minimum atomic E-state index is -1.19. The maximum atomic E-state index is 12.4. The molecule has 9 nitrogen and oxygen atoms in total. The molecule has 0 aliphatic rings. The summed E-state index contributed by atoms with van der Waals surface area (Å²) in [6.07, 6.45) is -0.559. The summed E-state index contributed by atoms with van der Waals surface area (Å²) in [5.74, 6) is -2.43. The number of aliphatic carboxylic acids is 1. The van der Waals surface area contributed by atoms with Crippen molar-refractivity contribution in [2.45, 2.75) is 38.8 Å². The molecule has 1 atom stereocenters. The van der Waals surface area contributed by atoms with Crippen molar-refractivity contribution in [3.63, 3.8) is 0 Å². The highest BCUT2D eigenvalue weighted by Gasteiger charge is 2.25. The largest absolute Gasteiger partial charge is 0.480 e. The second-order valence-electron chi connectivity index (χ2n) is 6.78. The van der Waals surface area contributed by atoms with Gasteiger partial charge in [0.1, 0.15) is 18.2 Å². The lowest BCUT2D eigenvalue weighted by atomic mass is 10.1. The summed E-state index contributed by atoms with van der Waals surface area (Å²) in [7, 11) is 0. The number of carboxylic acids is 1. The van der Waals surface area contributed by atoms with E-state index < -0.39 is 48.6 Å². The average Bonchev–Trinajstić information content (AvgIpc) is 2.56. The number of carbonyl (C=O) groups is 4. The first kappa shape index (κ1) is 21.9. The third-order valence-electron chi connectivity index (χ3n) is 3.15. The van der Waals surface area contributed by atoms with Crippen LogP contribution < -0.4 is 16.0 Å². The fourth-order valence-corrected chi connectivity index (χ4v) is 2.04. The van der Waals surface area contributed by atoms with Crippen molar-refractivity contribution >= 4 is 23.9 Å². The number of hydrogen-bond acceptors (Lipinski definition) is 5. The zero-order valence-electron chi connectivity index (χ0n) is 15.6. The third kappa shape index (κ3) is 9.83. The van der Waals surface area contributed by atoms with E-state index in [4.69, 9.17) is 9.84 Å². The molecule has 3 amide bonds. The quantitative estimate of drug-likeness (QED) is 0.518. The Kier molecular flexibility index (Phi) is 8.25. The van der Waals surface area contributed by atoms with E-state index in [-0.39, 0.29) is 6.42 Å². The molecule has 0 saturated carbocycles. The van der Waals surface area contributed by atoms with Gasteiger partial charge in [0.05, 0.1) is 6.54 Å². The summed E-state index contributed by atoms with van der Waals surface area (Å²) in [6, 6.07) is 8.07. The Bertz CT molecular complexity index is 669. The van der Waals surface area contributed by atoms with E-state index in [1.807, 2.05) is 6.07 Å². The number of benzene rings is 1. The van der Waals surface area contributed by atoms with Crippen molar-refractivity contribution in [3.8, 4) is 0 Å². The average molecular weight is 379 g/mol. The highest BCUT2D eigenvalue weighted by molar-refractivity contribution is 5.90.